The SMILES string of the molecule is COC(=O)CCCNC(=O)C1CCCCC1C(=O)O. The number of esters is 1. The molecule has 0 heterocycles. The number of rotatable bonds is 6. The molecule has 19 heavy (non-hydrogen) atoms. The summed E-state index contributed by atoms with van der Waals surface area (Å²) in [4.78, 5) is 33.9. The van der Waals surface area contributed by atoms with Crippen molar-refractivity contribution in [3.8, 4) is 0 Å². The number of aliphatic carboxylic acids is 1. The molecule has 0 radical (unpaired) electrons. The fourth-order valence-electron chi connectivity index (χ4n) is 2.42. The highest BCUT2D eigenvalue weighted by molar-refractivity contribution is 5.84. The maximum absolute atomic E-state index is 11.9. The van der Waals surface area contributed by atoms with Gasteiger partial charge in [-0.05, 0) is 19.3 Å². The lowest BCUT2D eigenvalue weighted by Crippen LogP contribution is -2.40. The third kappa shape index (κ3) is 4.89. The Morgan fingerprint density at radius 3 is 2.42 bits per heavy atom. The van der Waals surface area contributed by atoms with Crippen molar-refractivity contribution < 1.29 is 24.2 Å². The summed E-state index contributed by atoms with van der Waals surface area (Å²) in [7, 11) is 1.32. The van der Waals surface area contributed by atoms with Crippen LogP contribution in [0.25, 0.3) is 0 Å². The standard InChI is InChI=1S/C13H21NO5/c1-19-11(15)7-4-8-14-12(16)9-5-2-3-6-10(9)13(17)18/h9-10H,2-8H2,1H3,(H,14,16)(H,17,18). The predicted molar refractivity (Wildman–Crippen MR) is 67.3 cm³/mol. The van der Waals surface area contributed by atoms with Crippen LogP contribution in [0.1, 0.15) is 38.5 Å². The molecule has 2 N–H and O–H groups in total. The molecule has 1 amide bonds. The summed E-state index contributed by atoms with van der Waals surface area (Å²) in [5, 5.41) is 11.8. The number of carbonyl (C=O) groups is 3. The number of hydrogen-bond donors (Lipinski definition) is 2. The van der Waals surface area contributed by atoms with Crippen molar-refractivity contribution >= 4 is 17.8 Å². The fourth-order valence-corrected chi connectivity index (χ4v) is 2.42. The highest BCUT2D eigenvalue weighted by Crippen LogP contribution is 2.30. The second kappa shape index (κ2) is 7.76. The van der Waals surface area contributed by atoms with Crippen molar-refractivity contribution in [3.05, 3.63) is 0 Å². The van der Waals surface area contributed by atoms with Crippen LogP contribution >= 0.6 is 0 Å². The van der Waals surface area contributed by atoms with Gasteiger partial charge in [0.1, 0.15) is 0 Å². The number of hydrogen-bond acceptors (Lipinski definition) is 4. The zero-order valence-corrected chi connectivity index (χ0v) is 11.2. The van der Waals surface area contributed by atoms with E-state index in [0.717, 1.165) is 12.8 Å². The molecule has 0 aromatic heterocycles. The molecule has 0 aliphatic heterocycles. The highest BCUT2D eigenvalue weighted by atomic mass is 16.5. The van der Waals surface area contributed by atoms with Crippen molar-refractivity contribution in [3.63, 3.8) is 0 Å². The van der Waals surface area contributed by atoms with Crippen LogP contribution in [-0.2, 0) is 19.1 Å². The summed E-state index contributed by atoms with van der Waals surface area (Å²) in [5.74, 6) is -2.43. The van der Waals surface area contributed by atoms with E-state index < -0.39 is 17.8 Å². The topological polar surface area (TPSA) is 92.7 Å². The molecule has 1 rings (SSSR count). The summed E-state index contributed by atoms with van der Waals surface area (Å²) in [6, 6.07) is 0. The molecule has 0 spiro atoms. The number of carbonyl (C=O) groups excluding carboxylic acids is 2. The average molecular weight is 271 g/mol. The van der Waals surface area contributed by atoms with Crippen LogP contribution in [0.3, 0.4) is 0 Å². The van der Waals surface area contributed by atoms with E-state index in [1.54, 1.807) is 0 Å². The highest BCUT2D eigenvalue weighted by Gasteiger charge is 2.35. The first-order valence-corrected chi connectivity index (χ1v) is 6.63. The van der Waals surface area contributed by atoms with E-state index in [1.807, 2.05) is 0 Å². The van der Waals surface area contributed by atoms with E-state index in [1.165, 1.54) is 7.11 Å². The molecule has 108 valence electrons. The Hall–Kier alpha value is -1.59. The number of carboxylic acids is 1. The van der Waals surface area contributed by atoms with Gasteiger partial charge >= 0.3 is 11.9 Å². The van der Waals surface area contributed by atoms with Crippen molar-refractivity contribution in [2.45, 2.75) is 38.5 Å². The van der Waals surface area contributed by atoms with Gasteiger partial charge in [0.25, 0.3) is 0 Å². The van der Waals surface area contributed by atoms with Gasteiger partial charge in [-0.3, -0.25) is 14.4 Å². The zero-order valence-electron chi connectivity index (χ0n) is 11.2. The number of amides is 1. The third-order valence-electron chi connectivity index (χ3n) is 3.50. The number of nitrogens with one attached hydrogen (secondary N) is 1. The lowest BCUT2D eigenvalue weighted by atomic mass is 9.78. The van der Waals surface area contributed by atoms with Gasteiger partial charge < -0.3 is 15.2 Å². The molecular weight excluding hydrogens is 250 g/mol. The second-order valence-electron chi connectivity index (χ2n) is 4.81. The average Bonchev–Trinajstić information content (AvgIpc) is 2.42. The molecule has 2 unspecified atom stereocenters. The van der Waals surface area contributed by atoms with Crippen molar-refractivity contribution in [2.24, 2.45) is 11.8 Å². The Morgan fingerprint density at radius 1 is 1.21 bits per heavy atom. The summed E-state index contributed by atoms with van der Waals surface area (Å²) < 4.78 is 4.49. The van der Waals surface area contributed by atoms with Gasteiger partial charge in [-0.15, -0.1) is 0 Å². The first kappa shape index (κ1) is 15.5. The molecule has 0 aromatic rings. The molecular formula is C13H21NO5. The summed E-state index contributed by atoms with van der Waals surface area (Å²) >= 11 is 0. The van der Waals surface area contributed by atoms with Gasteiger partial charge in [0, 0.05) is 13.0 Å². The Labute approximate surface area is 112 Å². The fraction of sp³-hybridized carbons (Fsp3) is 0.769. The molecule has 0 aromatic carbocycles. The first-order valence-electron chi connectivity index (χ1n) is 6.63. The third-order valence-corrected chi connectivity index (χ3v) is 3.50. The van der Waals surface area contributed by atoms with E-state index in [0.29, 0.717) is 25.8 Å². The summed E-state index contributed by atoms with van der Waals surface area (Å²) in [5.41, 5.74) is 0. The van der Waals surface area contributed by atoms with E-state index in [-0.39, 0.29) is 18.3 Å². The number of ether oxygens (including phenoxy) is 1. The minimum absolute atomic E-state index is 0.211. The number of methoxy groups -OCH3 is 1. The molecule has 0 bridgehead atoms. The van der Waals surface area contributed by atoms with Crippen LogP contribution in [-0.4, -0.2) is 36.6 Å². The van der Waals surface area contributed by atoms with Gasteiger partial charge in [0.15, 0.2) is 0 Å². The van der Waals surface area contributed by atoms with E-state index in [9.17, 15) is 14.4 Å². The van der Waals surface area contributed by atoms with Crippen LogP contribution in [0.15, 0.2) is 0 Å². The molecule has 1 aliphatic carbocycles. The van der Waals surface area contributed by atoms with Gasteiger partial charge in [0.2, 0.25) is 5.91 Å². The minimum atomic E-state index is -0.894. The van der Waals surface area contributed by atoms with Crippen LogP contribution in [0.5, 0.6) is 0 Å². The minimum Gasteiger partial charge on any atom is -0.481 e. The molecule has 6 nitrogen and oxygen atoms in total. The van der Waals surface area contributed by atoms with Gasteiger partial charge in [0.05, 0.1) is 18.9 Å². The van der Waals surface area contributed by atoms with Crippen LogP contribution in [0.2, 0.25) is 0 Å². The summed E-state index contributed by atoms with van der Waals surface area (Å²) in [6.07, 6.45) is 3.70. The molecule has 1 saturated carbocycles. The van der Waals surface area contributed by atoms with E-state index >= 15 is 0 Å². The van der Waals surface area contributed by atoms with E-state index in [4.69, 9.17) is 5.11 Å². The zero-order chi connectivity index (χ0) is 14.3. The Morgan fingerprint density at radius 2 is 1.84 bits per heavy atom. The van der Waals surface area contributed by atoms with Crippen LogP contribution in [0.4, 0.5) is 0 Å². The monoisotopic (exact) mass is 271 g/mol. The Bertz CT molecular complexity index is 342. The predicted octanol–water partition coefficient (Wildman–Crippen LogP) is 0.947. The number of carboxylic acid groups (broad SMARTS) is 1. The lowest BCUT2D eigenvalue weighted by Gasteiger charge is -2.27. The molecule has 0 saturated heterocycles. The quantitative estimate of drug-likeness (QED) is 0.554. The second-order valence-corrected chi connectivity index (χ2v) is 4.81. The van der Waals surface area contributed by atoms with E-state index in [2.05, 4.69) is 10.1 Å². The van der Waals surface area contributed by atoms with Crippen LogP contribution in [0, 0.1) is 11.8 Å². The van der Waals surface area contributed by atoms with Crippen molar-refractivity contribution in [1.29, 1.82) is 0 Å². The normalized spacial score (nSPS) is 22.6. The van der Waals surface area contributed by atoms with Gasteiger partial charge in [-0.2, -0.15) is 0 Å². The largest absolute Gasteiger partial charge is 0.481 e. The first-order chi connectivity index (χ1) is 9.06. The molecule has 6 heteroatoms. The molecule has 2 atom stereocenters. The molecule has 1 fully saturated rings. The summed E-state index contributed by atoms with van der Waals surface area (Å²) in [6.45, 7) is 0.372. The van der Waals surface area contributed by atoms with Crippen LogP contribution < -0.4 is 5.32 Å². The maximum atomic E-state index is 11.9. The van der Waals surface area contributed by atoms with Crippen molar-refractivity contribution in [1.82, 2.24) is 5.32 Å². The van der Waals surface area contributed by atoms with Gasteiger partial charge in [-0.25, -0.2) is 0 Å². The maximum Gasteiger partial charge on any atom is 0.307 e. The van der Waals surface area contributed by atoms with Crippen molar-refractivity contribution in [2.75, 3.05) is 13.7 Å². The lowest BCUT2D eigenvalue weighted by molar-refractivity contribution is -0.148. The van der Waals surface area contributed by atoms with Gasteiger partial charge in [-0.1, -0.05) is 12.8 Å². The Balaban J connectivity index is 2.34. The smallest absolute Gasteiger partial charge is 0.307 e. The Kier molecular flexibility index (Phi) is 6.32. The molecule has 1 aliphatic rings.